The Morgan fingerprint density at radius 3 is 2.58 bits per heavy atom. The summed E-state index contributed by atoms with van der Waals surface area (Å²) in [4.78, 5) is 27.3. The van der Waals surface area contributed by atoms with Crippen LogP contribution in [0.3, 0.4) is 0 Å². The van der Waals surface area contributed by atoms with Gasteiger partial charge in [-0.2, -0.15) is 0 Å². The van der Waals surface area contributed by atoms with Crippen molar-refractivity contribution < 1.29 is 14.3 Å². The number of anilines is 1. The van der Waals surface area contributed by atoms with Crippen LogP contribution in [0.5, 0.6) is 5.75 Å². The lowest BCUT2D eigenvalue weighted by molar-refractivity contribution is -0.139. The monoisotopic (exact) mass is 483 g/mol. The number of benzene rings is 2. The molecule has 36 heavy (non-hydrogen) atoms. The van der Waals surface area contributed by atoms with E-state index < -0.39 is 0 Å². The quantitative estimate of drug-likeness (QED) is 0.429. The van der Waals surface area contributed by atoms with Gasteiger partial charge in [-0.05, 0) is 60.2 Å². The first kappa shape index (κ1) is 23.9. The summed E-state index contributed by atoms with van der Waals surface area (Å²) in [6.07, 6.45) is 3.26. The molecule has 5 rings (SSSR count). The zero-order valence-corrected chi connectivity index (χ0v) is 21.4. The zero-order valence-electron chi connectivity index (χ0n) is 21.4. The van der Waals surface area contributed by atoms with Gasteiger partial charge in [0.15, 0.2) is 0 Å². The third-order valence-electron chi connectivity index (χ3n) is 6.96. The maximum atomic E-state index is 13.6. The van der Waals surface area contributed by atoms with Crippen molar-refractivity contribution in [3.05, 3.63) is 83.2 Å². The molecule has 0 aliphatic carbocycles. The van der Waals surface area contributed by atoms with E-state index in [1.54, 1.807) is 0 Å². The fraction of sp³-hybridized carbons (Fsp3) is 0.333. The molecule has 3 heterocycles. The number of ether oxygens (including phenoxy) is 1. The van der Waals surface area contributed by atoms with Crippen molar-refractivity contribution in [2.45, 2.75) is 46.6 Å². The molecule has 2 aliphatic rings. The molecule has 0 saturated carbocycles. The summed E-state index contributed by atoms with van der Waals surface area (Å²) in [6.45, 7) is 13.4. The van der Waals surface area contributed by atoms with Crippen molar-refractivity contribution in [2.75, 3.05) is 18.5 Å². The van der Waals surface area contributed by atoms with Crippen LogP contribution in [0.15, 0.2) is 72.1 Å². The van der Waals surface area contributed by atoms with Crippen molar-refractivity contribution in [2.24, 2.45) is 5.92 Å². The van der Waals surface area contributed by atoms with Crippen LogP contribution >= 0.6 is 0 Å². The number of aryl methyl sites for hydroxylation is 1. The fourth-order valence-corrected chi connectivity index (χ4v) is 5.17. The fourth-order valence-electron chi connectivity index (χ4n) is 5.17. The third kappa shape index (κ3) is 4.21. The smallest absolute Gasteiger partial charge is 0.259 e. The minimum atomic E-state index is -0.300. The molecule has 2 aliphatic heterocycles. The van der Waals surface area contributed by atoms with Gasteiger partial charge < -0.3 is 14.6 Å². The number of carbonyl (C=O) groups excluding carboxylic acids is 2. The van der Waals surface area contributed by atoms with Crippen LogP contribution in [0.4, 0.5) is 5.69 Å². The van der Waals surface area contributed by atoms with E-state index in [9.17, 15) is 9.59 Å². The van der Waals surface area contributed by atoms with Crippen LogP contribution in [0.25, 0.3) is 10.9 Å². The van der Waals surface area contributed by atoms with Crippen LogP contribution in [0.1, 0.15) is 51.2 Å². The minimum absolute atomic E-state index is 0.228. The van der Waals surface area contributed by atoms with Crippen molar-refractivity contribution >= 4 is 28.4 Å². The predicted molar refractivity (Wildman–Crippen MR) is 143 cm³/mol. The summed E-state index contributed by atoms with van der Waals surface area (Å²) in [6, 6.07) is 14.2. The van der Waals surface area contributed by atoms with Gasteiger partial charge in [-0.3, -0.25) is 14.5 Å². The summed E-state index contributed by atoms with van der Waals surface area (Å²) in [5, 5.41) is 4.67. The molecular formula is C30H33N3O3. The first-order valence-corrected chi connectivity index (χ1v) is 12.6. The normalized spacial score (nSPS) is 16.9. The predicted octanol–water partition coefficient (Wildman–Crippen LogP) is 5.84. The highest BCUT2D eigenvalue weighted by Crippen LogP contribution is 2.46. The maximum absolute atomic E-state index is 13.6. The number of rotatable bonds is 7. The Kier molecular flexibility index (Phi) is 6.20. The number of hydrogen-bond acceptors (Lipinski definition) is 4. The van der Waals surface area contributed by atoms with Gasteiger partial charge in [-0.25, -0.2) is 0 Å². The Morgan fingerprint density at radius 1 is 1.17 bits per heavy atom. The summed E-state index contributed by atoms with van der Waals surface area (Å²) >= 11 is 0. The first-order valence-electron chi connectivity index (χ1n) is 12.6. The van der Waals surface area contributed by atoms with Gasteiger partial charge in [-0.1, -0.05) is 38.6 Å². The molecule has 186 valence electrons. The number of aromatic nitrogens is 1. The lowest BCUT2D eigenvalue weighted by Gasteiger charge is -2.20. The largest absolute Gasteiger partial charge is 0.489 e. The number of hydrogen-bond donors (Lipinski definition) is 1. The van der Waals surface area contributed by atoms with Crippen LogP contribution in [0.2, 0.25) is 0 Å². The highest BCUT2D eigenvalue weighted by Gasteiger charge is 2.41. The molecule has 0 spiro atoms. The summed E-state index contributed by atoms with van der Waals surface area (Å²) < 4.78 is 8.12. The highest BCUT2D eigenvalue weighted by molar-refractivity contribution is 6.11. The molecule has 1 N–H and O–H groups in total. The zero-order chi connectivity index (χ0) is 25.6. The van der Waals surface area contributed by atoms with E-state index in [2.05, 4.69) is 48.6 Å². The SMILES string of the molecule is C=C(C)COc1ccc([C@H]2C3=C(CN(C(C)=O)C3=O)Nc3cccc4c3c2cn4CCC(C)C)cc1. The topological polar surface area (TPSA) is 63.6 Å². The molecule has 2 amide bonds. The number of nitrogens with zero attached hydrogens (tertiary/aromatic N) is 2. The molecule has 2 aromatic carbocycles. The van der Waals surface area contributed by atoms with Crippen molar-refractivity contribution in [1.82, 2.24) is 9.47 Å². The lowest BCUT2D eigenvalue weighted by Crippen LogP contribution is -2.33. The minimum Gasteiger partial charge on any atom is -0.489 e. The Hall–Kier alpha value is -3.80. The van der Waals surface area contributed by atoms with Crippen LogP contribution in [-0.4, -0.2) is 34.4 Å². The van der Waals surface area contributed by atoms with E-state index in [0.717, 1.165) is 57.7 Å². The highest BCUT2D eigenvalue weighted by atomic mass is 16.5. The van der Waals surface area contributed by atoms with Gasteiger partial charge in [-0.15, -0.1) is 0 Å². The molecule has 3 aromatic rings. The van der Waals surface area contributed by atoms with Gasteiger partial charge in [0.1, 0.15) is 12.4 Å². The van der Waals surface area contributed by atoms with Gasteiger partial charge in [0, 0.05) is 42.4 Å². The lowest BCUT2D eigenvalue weighted by atomic mass is 9.84. The van der Waals surface area contributed by atoms with Gasteiger partial charge in [0.25, 0.3) is 5.91 Å². The Balaban J connectivity index is 1.66. The summed E-state index contributed by atoms with van der Waals surface area (Å²) in [5.74, 6) is 0.563. The Bertz CT molecular complexity index is 1390. The van der Waals surface area contributed by atoms with Crippen LogP contribution in [-0.2, 0) is 16.1 Å². The molecule has 1 atom stereocenters. The van der Waals surface area contributed by atoms with E-state index in [-0.39, 0.29) is 24.3 Å². The molecule has 0 unspecified atom stereocenters. The molecular weight excluding hydrogens is 450 g/mol. The van der Waals surface area contributed by atoms with Crippen LogP contribution in [0, 0.1) is 5.92 Å². The van der Waals surface area contributed by atoms with Gasteiger partial charge >= 0.3 is 0 Å². The molecule has 0 radical (unpaired) electrons. The molecule has 6 nitrogen and oxygen atoms in total. The van der Waals surface area contributed by atoms with Crippen LogP contribution < -0.4 is 10.1 Å². The molecule has 0 saturated heterocycles. The Morgan fingerprint density at radius 2 is 1.92 bits per heavy atom. The van der Waals surface area contributed by atoms with E-state index in [1.807, 2.05) is 37.3 Å². The molecule has 6 heteroatoms. The van der Waals surface area contributed by atoms with Crippen molar-refractivity contribution in [3.63, 3.8) is 0 Å². The number of nitrogens with one attached hydrogen (secondary N) is 1. The molecule has 0 bridgehead atoms. The standard InChI is InChI=1S/C30H33N3O3/c1-18(2)13-14-32-15-23-27(21-9-11-22(12-10-21)36-17-19(3)4)29-25(16-33(20(5)34)30(29)35)31-24-7-6-8-26(32)28(23)24/h6-12,15,18,27,31H,3,13-14,16-17H2,1-2,4-5H3/t27-/m1/s1. The number of carbonyl (C=O) groups is 2. The van der Waals surface area contributed by atoms with Gasteiger partial charge in [0.05, 0.1) is 17.6 Å². The maximum Gasteiger partial charge on any atom is 0.259 e. The second kappa shape index (κ2) is 9.34. The molecule has 1 aromatic heterocycles. The van der Waals surface area contributed by atoms with E-state index in [4.69, 9.17) is 4.74 Å². The van der Waals surface area contributed by atoms with E-state index in [1.165, 1.54) is 11.8 Å². The van der Waals surface area contributed by atoms with Gasteiger partial charge in [0.2, 0.25) is 5.91 Å². The van der Waals surface area contributed by atoms with Crippen molar-refractivity contribution in [3.8, 4) is 5.75 Å². The second-order valence-electron chi connectivity index (χ2n) is 10.3. The first-order chi connectivity index (χ1) is 17.2. The second-order valence-corrected chi connectivity index (χ2v) is 10.3. The number of imide groups is 1. The Labute approximate surface area is 212 Å². The average molecular weight is 484 g/mol. The van der Waals surface area contributed by atoms with Crippen molar-refractivity contribution in [1.29, 1.82) is 0 Å². The summed E-state index contributed by atoms with van der Waals surface area (Å²) in [5.41, 5.74) is 6.58. The molecule has 0 fully saturated rings. The third-order valence-corrected chi connectivity index (χ3v) is 6.96. The summed E-state index contributed by atoms with van der Waals surface area (Å²) in [7, 11) is 0. The van der Waals surface area contributed by atoms with E-state index in [0.29, 0.717) is 18.1 Å². The average Bonchev–Trinajstić information content (AvgIpc) is 3.32. The number of amides is 2. The van der Waals surface area contributed by atoms with E-state index >= 15 is 0 Å².